The monoisotopic (exact) mass is 314 g/mol. The van der Waals surface area contributed by atoms with Crippen molar-refractivity contribution in [3.05, 3.63) is 58.9 Å². The van der Waals surface area contributed by atoms with Crippen molar-refractivity contribution in [1.82, 2.24) is 10.3 Å². The van der Waals surface area contributed by atoms with E-state index in [4.69, 9.17) is 4.74 Å². The maximum atomic E-state index is 11.5. The van der Waals surface area contributed by atoms with Gasteiger partial charge in [-0.1, -0.05) is 30.3 Å². The second-order valence-electron chi connectivity index (χ2n) is 5.51. The Bertz CT molecular complexity index is 671. The van der Waals surface area contributed by atoms with Gasteiger partial charge in [-0.15, -0.1) is 0 Å². The third-order valence-electron chi connectivity index (χ3n) is 3.85. The summed E-state index contributed by atoms with van der Waals surface area (Å²) in [6.07, 6.45) is 2.17. The van der Waals surface area contributed by atoms with Crippen molar-refractivity contribution in [2.75, 3.05) is 7.11 Å². The molecule has 0 saturated carbocycles. The Morgan fingerprint density at radius 1 is 1.30 bits per heavy atom. The summed E-state index contributed by atoms with van der Waals surface area (Å²) in [5, 5.41) is 12.5. The Balaban J connectivity index is 2.09. The van der Waals surface area contributed by atoms with Crippen LogP contribution in [0.15, 0.2) is 36.5 Å². The van der Waals surface area contributed by atoms with Crippen LogP contribution in [0.4, 0.5) is 0 Å². The van der Waals surface area contributed by atoms with E-state index in [-0.39, 0.29) is 0 Å². The summed E-state index contributed by atoms with van der Waals surface area (Å²) in [7, 11) is 1.63. The number of methoxy groups -OCH3 is 1. The van der Waals surface area contributed by atoms with Gasteiger partial charge < -0.3 is 9.84 Å². The summed E-state index contributed by atoms with van der Waals surface area (Å²) in [6.45, 7) is 4.25. The highest BCUT2D eigenvalue weighted by molar-refractivity contribution is 5.73. The van der Waals surface area contributed by atoms with Gasteiger partial charge in [0.05, 0.1) is 12.8 Å². The maximum absolute atomic E-state index is 11.5. The molecule has 0 aliphatic heterocycles. The van der Waals surface area contributed by atoms with E-state index in [0.29, 0.717) is 13.0 Å². The summed E-state index contributed by atoms with van der Waals surface area (Å²) >= 11 is 0. The summed E-state index contributed by atoms with van der Waals surface area (Å²) < 4.78 is 5.38. The second kappa shape index (κ2) is 7.74. The molecule has 0 bridgehead atoms. The van der Waals surface area contributed by atoms with Crippen molar-refractivity contribution in [1.29, 1.82) is 0 Å². The highest BCUT2D eigenvalue weighted by Gasteiger charge is 2.18. The number of carbonyl (C=O) groups is 1. The normalized spacial score (nSPS) is 12.0. The Morgan fingerprint density at radius 2 is 2.00 bits per heavy atom. The van der Waals surface area contributed by atoms with E-state index in [1.807, 2.05) is 44.2 Å². The largest absolute Gasteiger partial charge is 0.496 e. The van der Waals surface area contributed by atoms with E-state index >= 15 is 0 Å². The number of hydrogen-bond acceptors (Lipinski definition) is 4. The molecule has 0 saturated heterocycles. The molecule has 5 nitrogen and oxygen atoms in total. The third-order valence-corrected chi connectivity index (χ3v) is 3.85. The topological polar surface area (TPSA) is 71.5 Å². The first-order chi connectivity index (χ1) is 11.0. The molecule has 2 aromatic rings. The van der Waals surface area contributed by atoms with Gasteiger partial charge in [-0.3, -0.25) is 15.1 Å². The summed E-state index contributed by atoms with van der Waals surface area (Å²) in [6, 6.07) is 8.92. The molecule has 0 spiro atoms. The number of nitrogens with one attached hydrogen (secondary N) is 1. The van der Waals surface area contributed by atoms with Gasteiger partial charge in [-0.2, -0.15) is 0 Å². The first-order valence-corrected chi connectivity index (χ1v) is 7.52. The molecule has 23 heavy (non-hydrogen) atoms. The minimum atomic E-state index is -0.870. The lowest BCUT2D eigenvalue weighted by molar-refractivity contribution is -0.139. The number of benzene rings is 1. The SMILES string of the molecule is COc1c(C)cnc(CN[C@H](Cc2ccccc2)C(=O)O)c1C. The van der Waals surface area contributed by atoms with E-state index in [2.05, 4.69) is 10.3 Å². The predicted octanol–water partition coefficient (Wildman–Crippen LogP) is 2.49. The highest BCUT2D eigenvalue weighted by Crippen LogP contribution is 2.23. The lowest BCUT2D eigenvalue weighted by Gasteiger charge is -2.17. The quantitative estimate of drug-likeness (QED) is 0.821. The van der Waals surface area contributed by atoms with Crippen LogP contribution in [0, 0.1) is 13.8 Å². The van der Waals surface area contributed by atoms with Gasteiger partial charge in [0.15, 0.2) is 0 Å². The van der Waals surface area contributed by atoms with E-state index < -0.39 is 12.0 Å². The fourth-order valence-corrected chi connectivity index (χ4v) is 2.57. The van der Waals surface area contributed by atoms with Gasteiger partial charge in [0.2, 0.25) is 0 Å². The molecule has 0 radical (unpaired) electrons. The molecule has 2 rings (SSSR count). The number of rotatable bonds is 7. The minimum absolute atomic E-state index is 0.381. The van der Waals surface area contributed by atoms with Crippen molar-refractivity contribution >= 4 is 5.97 Å². The molecule has 5 heteroatoms. The minimum Gasteiger partial charge on any atom is -0.496 e. The van der Waals surface area contributed by atoms with Crippen LogP contribution < -0.4 is 10.1 Å². The average molecular weight is 314 g/mol. The molecule has 2 N–H and O–H groups in total. The fourth-order valence-electron chi connectivity index (χ4n) is 2.57. The third kappa shape index (κ3) is 4.29. The molecule has 0 fully saturated rings. The number of aromatic nitrogens is 1. The molecule has 1 heterocycles. The van der Waals surface area contributed by atoms with Gasteiger partial charge in [0.1, 0.15) is 11.8 Å². The lowest BCUT2D eigenvalue weighted by Crippen LogP contribution is -2.38. The predicted molar refractivity (Wildman–Crippen MR) is 88.7 cm³/mol. The highest BCUT2D eigenvalue weighted by atomic mass is 16.5. The number of carboxylic acids is 1. The van der Waals surface area contributed by atoms with Crippen molar-refractivity contribution < 1.29 is 14.6 Å². The zero-order valence-electron chi connectivity index (χ0n) is 13.7. The number of ether oxygens (including phenoxy) is 1. The summed E-state index contributed by atoms with van der Waals surface area (Å²) in [5.41, 5.74) is 3.68. The standard InChI is InChI=1S/C18H22N2O3/c1-12-10-19-16(13(2)17(12)23-3)11-20-15(18(21)22)9-14-7-5-4-6-8-14/h4-8,10,15,20H,9,11H2,1-3H3,(H,21,22)/t15-/m1/s1. The van der Waals surface area contributed by atoms with E-state index in [1.54, 1.807) is 13.3 Å². The van der Waals surface area contributed by atoms with Crippen LogP contribution in [0.25, 0.3) is 0 Å². The lowest BCUT2D eigenvalue weighted by atomic mass is 10.1. The van der Waals surface area contributed by atoms with Crippen molar-refractivity contribution in [3.63, 3.8) is 0 Å². The van der Waals surface area contributed by atoms with Gasteiger partial charge in [-0.05, 0) is 25.8 Å². The van der Waals surface area contributed by atoms with Crippen LogP contribution in [0.2, 0.25) is 0 Å². The van der Waals surface area contributed by atoms with Gasteiger partial charge in [-0.25, -0.2) is 0 Å². The Morgan fingerprint density at radius 3 is 2.61 bits per heavy atom. The average Bonchev–Trinajstić information content (AvgIpc) is 2.54. The summed E-state index contributed by atoms with van der Waals surface area (Å²) in [4.78, 5) is 15.9. The molecule has 0 aliphatic carbocycles. The molecule has 1 aromatic carbocycles. The smallest absolute Gasteiger partial charge is 0.321 e. The van der Waals surface area contributed by atoms with Crippen LogP contribution >= 0.6 is 0 Å². The number of pyridine rings is 1. The Hall–Kier alpha value is -2.40. The Kier molecular flexibility index (Phi) is 5.71. The molecule has 0 unspecified atom stereocenters. The molecule has 122 valence electrons. The number of carboxylic acid groups (broad SMARTS) is 1. The van der Waals surface area contributed by atoms with E-state index in [0.717, 1.165) is 28.1 Å². The number of hydrogen-bond donors (Lipinski definition) is 2. The van der Waals surface area contributed by atoms with Gasteiger partial charge >= 0.3 is 5.97 Å². The van der Waals surface area contributed by atoms with Crippen LogP contribution in [0.1, 0.15) is 22.4 Å². The van der Waals surface area contributed by atoms with Gasteiger partial charge in [0, 0.05) is 23.9 Å². The zero-order chi connectivity index (χ0) is 16.8. The number of aryl methyl sites for hydroxylation is 1. The van der Waals surface area contributed by atoms with Crippen molar-refractivity contribution in [3.8, 4) is 5.75 Å². The Labute approximate surface area is 136 Å². The maximum Gasteiger partial charge on any atom is 0.321 e. The molecule has 1 atom stereocenters. The van der Waals surface area contributed by atoms with E-state index in [9.17, 15) is 9.90 Å². The number of aliphatic carboxylic acids is 1. The van der Waals surface area contributed by atoms with Crippen molar-refractivity contribution in [2.24, 2.45) is 0 Å². The van der Waals surface area contributed by atoms with Crippen LogP contribution in [0.5, 0.6) is 5.75 Å². The molecule has 0 aliphatic rings. The first kappa shape index (κ1) is 17.0. The molecular weight excluding hydrogens is 292 g/mol. The summed E-state index contributed by atoms with van der Waals surface area (Å²) in [5.74, 6) is -0.0719. The van der Waals surface area contributed by atoms with Crippen molar-refractivity contribution in [2.45, 2.75) is 32.9 Å². The zero-order valence-corrected chi connectivity index (χ0v) is 13.7. The fraction of sp³-hybridized carbons (Fsp3) is 0.333. The van der Waals surface area contributed by atoms with E-state index in [1.165, 1.54) is 0 Å². The molecule has 0 amide bonds. The first-order valence-electron chi connectivity index (χ1n) is 7.52. The number of nitrogens with zero attached hydrogens (tertiary/aromatic N) is 1. The molecular formula is C18H22N2O3. The van der Waals surface area contributed by atoms with Gasteiger partial charge in [0.25, 0.3) is 0 Å². The second-order valence-corrected chi connectivity index (χ2v) is 5.51. The van der Waals surface area contributed by atoms with Crippen LogP contribution in [-0.2, 0) is 17.8 Å². The van der Waals surface area contributed by atoms with Crippen LogP contribution in [-0.4, -0.2) is 29.2 Å². The van der Waals surface area contributed by atoms with Crippen LogP contribution in [0.3, 0.4) is 0 Å². The molecule has 1 aromatic heterocycles.